The molecule has 3 aliphatic rings. The normalized spacial score (nSPS) is 27.3. The fraction of sp³-hybridized carbons (Fsp3) is 0.474. The highest BCUT2D eigenvalue weighted by molar-refractivity contribution is 8.00. The number of aromatic hydroxyl groups is 1. The summed E-state index contributed by atoms with van der Waals surface area (Å²) in [6.45, 7) is 5.21. The van der Waals surface area contributed by atoms with Crippen LogP contribution in [0.5, 0.6) is 5.75 Å². The lowest BCUT2D eigenvalue weighted by Gasteiger charge is -2.29. The van der Waals surface area contributed by atoms with Gasteiger partial charge in [-0.15, -0.1) is 11.8 Å². The molecule has 0 saturated carbocycles. The van der Waals surface area contributed by atoms with E-state index in [0.29, 0.717) is 48.1 Å². The number of aliphatic hydroxyl groups excluding tert-OH is 1. The molecule has 0 fully saturated rings. The van der Waals surface area contributed by atoms with Crippen molar-refractivity contribution in [1.29, 1.82) is 0 Å². The van der Waals surface area contributed by atoms with E-state index in [9.17, 15) is 29.4 Å². The number of amides is 3. The van der Waals surface area contributed by atoms with Crippen molar-refractivity contribution in [3.63, 3.8) is 0 Å². The summed E-state index contributed by atoms with van der Waals surface area (Å²) < 4.78 is 11.4. The smallest absolute Gasteiger partial charge is 0.328 e. The van der Waals surface area contributed by atoms with Crippen molar-refractivity contribution in [3.05, 3.63) is 71.4 Å². The number of fused-ring (bicyclic) bond motifs is 4. The van der Waals surface area contributed by atoms with Crippen LogP contribution >= 0.6 is 11.8 Å². The number of benzene rings is 1. The number of aliphatic hydroxyl groups is 1. The van der Waals surface area contributed by atoms with Crippen molar-refractivity contribution in [2.24, 2.45) is 5.92 Å². The summed E-state index contributed by atoms with van der Waals surface area (Å²) in [6, 6.07) is 0.684. The Morgan fingerprint density at radius 3 is 2.52 bits per heavy atom. The zero-order valence-corrected chi connectivity index (χ0v) is 30.0. The number of hydrogen-bond donors (Lipinski definition) is 5. The highest BCUT2D eigenvalue weighted by atomic mass is 32.2. The Hall–Kier alpha value is -4.13. The molecule has 2 heterocycles. The average Bonchev–Trinajstić information content (AvgIpc) is 3.10. The van der Waals surface area contributed by atoms with E-state index in [4.69, 9.17) is 9.47 Å². The summed E-state index contributed by atoms with van der Waals surface area (Å²) in [5.41, 5.74) is 2.61. The average molecular weight is 708 g/mol. The lowest BCUT2D eigenvalue weighted by Crippen LogP contribution is -2.43. The van der Waals surface area contributed by atoms with E-state index in [1.54, 1.807) is 50.3 Å². The summed E-state index contributed by atoms with van der Waals surface area (Å²) in [4.78, 5) is 51.9. The monoisotopic (exact) mass is 707 g/mol. The van der Waals surface area contributed by atoms with Gasteiger partial charge < -0.3 is 35.6 Å². The topological polar surface area (TPSA) is 163 Å². The van der Waals surface area contributed by atoms with E-state index in [0.717, 1.165) is 24.2 Å². The Labute approximate surface area is 298 Å². The number of methoxy groups -OCH3 is 1. The number of hydrogen-bond acceptors (Lipinski definition) is 9. The van der Waals surface area contributed by atoms with Gasteiger partial charge in [-0.25, -0.2) is 4.79 Å². The molecule has 3 amide bonds. The molecule has 11 nitrogen and oxygen atoms in total. The Morgan fingerprint density at radius 2 is 1.78 bits per heavy atom. The first-order valence-corrected chi connectivity index (χ1v) is 18.2. The predicted molar refractivity (Wildman–Crippen MR) is 195 cm³/mol. The maximum Gasteiger partial charge on any atom is 0.328 e. The van der Waals surface area contributed by atoms with Crippen molar-refractivity contribution in [2.75, 3.05) is 23.5 Å². The third kappa shape index (κ3) is 10.7. The highest BCUT2D eigenvalue weighted by Gasteiger charge is 2.31. The molecule has 2 aliphatic heterocycles. The fourth-order valence-corrected chi connectivity index (χ4v) is 7.02. The third-order valence-electron chi connectivity index (χ3n) is 9.06. The number of allylic oxidation sites excluding steroid dienone is 6. The van der Waals surface area contributed by atoms with Crippen LogP contribution in [0.15, 0.2) is 70.7 Å². The number of carbonyl (C=O) groups is 4. The molecule has 1 aromatic carbocycles. The minimum absolute atomic E-state index is 0.00905. The molecule has 0 radical (unpaired) electrons. The van der Waals surface area contributed by atoms with Crippen LogP contribution in [0.2, 0.25) is 0 Å². The van der Waals surface area contributed by atoms with E-state index in [1.165, 1.54) is 18.9 Å². The van der Waals surface area contributed by atoms with Crippen LogP contribution in [0.3, 0.4) is 0 Å². The number of carbonyl (C=O) groups excluding carboxylic acids is 4. The van der Waals surface area contributed by atoms with Crippen LogP contribution in [0, 0.1) is 5.92 Å². The number of ether oxygens (including phenoxy) is 2. The molecule has 2 bridgehead atoms. The van der Waals surface area contributed by atoms with Gasteiger partial charge in [-0.05, 0) is 64.0 Å². The predicted octanol–water partition coefficient (Wildman–Crippen LogP) is 5.65. The van der Waals surface area contributed by atoms with Gasteiger partial charge in [0.05, 0.1) is 35.8 Å². The lowest BCUT2D eigenvalue weighted by molar-refractivity contribution is -0.156. The molecule has 12 heteroatoms. The molecule has 0 spiro atoms. The molecule has 0 saturated heterocycles. The third-order valence-corrected chi connectivity index (χ3v) is 10.2. The van der Waals surface area contributed by atoms with Gasteiger partial charge >= 0.3 is 5.97 Å². The zero-order valence-electron chi connectivity index (χ0n) is 29.2. The summed E-state index contributed by atoms with van der Waals surface area (Å²) in [6.07, 6.45) is 16.9. The first-order valence-electron chi connectivity index (χ1n) is 17.2. The molecule has 5 atom stereocenters. The van der Waals surface area contributed by atoms with Gasteiger partial charge in [0, 0.05) is 35.5 Å². The molecule has 5 N–H and O–H groups in total. The van der Waals surface area contributed by atoms with E-state index in [-0.39, 0.29) is 41.3 Å². The van der Waals surface area contributed by atoms with Crippen LogP contribution in [-0.4, -0.2) is 71.1 Å². The Kier molecular flexibility index (Phi) is 14.5. The van der Waals surface area contributed by atoms with E-state index >= 15 is 0 Å². The van der Waals surface area contributed by atoms with Gasteiger partial charge in [-0.1, -0.05) is 55.5 Å². The number of thioether (sulfide) groups is 1. The highest BCUT2D eigenvalue weighted by Crippen LogP contribution is 2.44. The minimum atomic E-state index is -0.959. The zero-order chi connectivity index (χ0) is 36.2. The van der Waals surface area contributed by atoms with Crippen molar-refractivity contribution < 1.29 is 38.9 Å². The number of rotatable bonds is 5. The first-order chi connectivity index (χ1) is 24.0. The van der Waals surface area contributed by atoms with Gasteiger partial charge in [0.25, 0.3) is 0 Å². The summed E-state index contributed by atoms with van der Waals surface area (Å²) in [7, 11) is 1.50. The van der Waals surface area contributed by atoms with E-state index < -0.39 is 36.2 Å². The van der Waals surface area contributed by atoms with Crippen molar-refractivity contribution in [1.82, 2.24) is 5.32 Å². The summed E-state index contributed by atoms with van der Waals surface area (Å²) in [5.74, 6) is -1.80. The van der Waals surface area contributed by atoms with Crippen LogP contribution in [0.1, 0.15) is 71.3 Å². The quantitative estimate of drug-likeness (QED) is 0.113. The molecule has 50 heavy (non-hydrogen) atoms. The van der Waals surface area contributed by atoms with Crippen LogP contribution in [-0.2, 0) is 35.1 Å². The van der Waals surface area contributed by atoms with E-state index in [1.807, 2.05) is 25.2 Å². The second kappa shape index (κ2) is 18.7. The SMILES string of the molecule is CO[C@H]1/C=C/C=C\C=C\C[C@@H](OC(=O)[C@@H](C)NC(=O)C2=CCCCC2)[C@H](C)[C@H](O)/C(C)=C/CCc2c(O)c(cc3c2SCC(=O)N3)NC(=O)C1. The lowest BCUT2D eigenvalue weighted by atomic mass is 9.90. The molecule has 1 aliphatic carbocycles. The van der Waals surface area contributed by atoms with Gasteiger partial charge in [0.15, 0.2) is 0 Å². The number of nitrogens with one attached hydrogen (secondary N) is 3. The molecular formula is C38H49N3O8S. The van der Waals surface area contributed by atoms with Crippen molar-refractivity contribution >= 4 is 46.8 Å². The molecule has 270 valence electrons. The number of phenols is 1. The number of anilines is 2. The molecule has 4 rings (SSSR count). The van der Waals surface area contributed by atoms with E-state index in [2.05, 4.69) is 16.0 Å². The Balaban J connectivity index is 1.59. The summed E-state index contributed by atoms with van der Waals surface area (Å²) in [5, 5.41) is 31.1. The second-order valence-corrected chi connectivity index (χ2v) is 13.8. The second-order valence-electron chi connectivity index (χ2n) is 12.9. The Morgan fingerprint density at radius 1 is 1.02 bits per heavy atom. The maximum absolute atomic E-state index is 13.2. The largest absolute Gasteiger partial charge is 0.505 e. The number of phenolic OH excluding ortho intramolecular Hbond substituents is 1. The summed E-state index contributed by atoms with van der Waals surface area (Å²) >= 11 is 1.32. The van der Waals surface area contributed by atoms with Gasteiger partial charge in [0.2, 0.25) is 17.7 Å². The van der Waals surface area contributed by atoms with Gasteiger partial charge in [0.1, 0.15) is 17.9 Å². The number of esters is 1. The van der Waals surface area contributed by atoms with Crippen molar-refractivity contribution in [2.45, 2.75) is 101 Å². The fourth-order valence-electron chi connectivity index (χ4n) is 6.04. The molecule has 1 aromatic rings. The maximum atomic E-state index is 13.2. The molecule has 0 unspecified atom stereocenters. The van der Waals surface area contributed by atoms with Crippen molar-refractivity contribution in [3.8, 4) is 5.75 Å². The molecular weight excluding hydrogens is 658 g/mol. The van der Waals surface area contributed by atoms with Crippen LogP contribution in [0.25, 0.3) is 0 Å². The van der Waals surface area contributed by atoms with Gasteiger partial charge in [-0.2, -0.15) is 0 Å². The van der Waals surface area contributed by atoms with Crippen LogP contribution in [0.4, 0.5) is 11.4 Å². The minimum Gasteiger partial charge on any atom is -0.505 e. The van der Waals surface area contributed by atoms with Gasteiger partial charge in [-0.3, -0.25) is 14.4 Å². The Bertz CT molecular complexity index is 1580. The molecule has 0 aromatic heterocycles. The first kappa shape index (κ1) is 38.7. The van der Waals surface area contributed by atoms with Crippen LogP contribution < -0.4 is 16.0 Å². The standard InChI is InChI=1S/C38H49N3O8S/c1-23-14-13-18-28-35(45)29(21-30-36(28)50-22-33(43)41-30)40-32(42)20-27(48-4)17-11-6-5-7-12-19-31(24(2)34(23)44)49-38(47)25(3)39-37(46)26-15-9-8-10-16-26/h5-7,11-12,14-15,17,21,24-25,27,31,34,44-45H,8-10,13,16,18-20,22H2,1-4H3,(H,39,46)(H,40,42)(H,41,43)/b6-5-,12-7+,17-11+,23-14+/t24-,25+,27-,31+,34+/m0/s1.